The highest BCUT2D eigenvalue weighted by Gasteiger charge is 2.61. The molecule has 0 spiro atoms. The van der Waals surface area contributed by atoms with Crippen molar-refractivity contribution in [2.75, 3.05) is 13.7 Å². The highest BCUT2D eigenvalue weighted by atomic mass is 16.8. The third-order valence-electron chi connectivity index (χ3n) is 6.00. The zero-order chi connectivity index (χ0) is 18.8. The van der Waals surface area contributed by atoms with Gasteiger partial charge < -0.3 is 28.4 Å². The lowest BCUT2D eigenvalue weighted by Gasteiger charge is -2.46. The Hall–Kier alpha value is -1.44. The fraction of sp³-hybridized carbons (Fsp3) is 0.619. The Bertz CT molecular complexity index is 729. The maximum atomic E-state index is 6.53. The minimum atomic E-state index is -0.650. The Morgan fingerprint density at radius 1 is 1.00 bits per heavy atom. The second-order valence-corrected chi connectivity index (χ2v) is 8.20. The highest BCUT2D eigenvalue weighted by Crippen LogP contribution is 2.48. The molecule has 0 aromatic heterocycles. The molecule has 0 amide bonds. The molecule has 146 valence electrons. The quantitative estimate of drug-likeness (QED) is 0.742. The van der Waals surface area contributed by atoms with E-state index >= 15 is 0 Å². The maximum Gasteiger partial charge on any atom is 0.190 e. The van der Waals surface area contributed by atoms with E-state index in [0.717, 1.165) is 23.3 Å². The summed E-state index contributed by atoms with van der Waals surface area (Å²) in [5, 5.41) is 0. The third-order valence-corrected chi connectivity index (χ3v) is 6.00. The van der Waals surface area contributed by atoms with Crippen LogP contribution in [0.5, 0.6) is 5.75 Å². The van der Waals surface area contributed by atoms with Crippen LogP contribution in [-0.2, 0) is 23.7 Å². The van der Waals surface area contributed by atoms with Gasteiger partial charge in [0.2, 0.25) is 0 Å². The van der Waals surface area contributed by atoms with E-state index in [-0.39, 0.29) is 36.4 Å². The molecule has 0 radical (unpaired) electrons. The molecule has 1 aromatic carbocycles. The second kappa shape index (κ2) is 6.29. The van der Waals surface area contributed by atoms with Gasteiger partial charge in [0.25, 0.3) is 0 Å². The Kier molecular flexibility index (Phi) is 4.11. The molecule has 4 aliphatic rings. The van der Waals surface area contributed by atoms with Gasteiger partial charge in [-0.25, -0.2) is 0 Å². The van der Waals surface area contributed by atoms with Gasteiger partial charge in [-0.3, -0.25) is 0 Å². The molecule has 0 unspecified atom stereocenters. The number of fused-ring (bicyclic) bond motifs is 5. The van der Waals surface area contributed by atoms with Crippen molar-refractivity contribution in [2.45, 2.75) is 62.9 Å². The molecule has 4 saturated heterocycles. The molecule has 27 heavy (non-hydrogen) atoms. The molecule has 0 bridgehead atoms. The van der Waals surface area contributed by atoms with Crippen LogP contribution in [0.4, 0.5) is 0 Å². The summed E-state index contributed by atoms with van der Waals surface area (Å²) in [6, 6.07) is 8.01. The van der Waals surface area contributed by atoms with Gasteiger partial charge in [0.15, 0.2) is 12.1 Å². The van der Waals surface area contributed by atoms with Crippen molar-refractivity contribution in [3.8, 4) is 5.75 Å². The van der Waals surface area contributed by atoms with Crippen LogP contribution in [0.15, 0.2) is 36.4 Å². The molecule has 7 atom stereocenters. The van der Waals surface area contributed by atoms with Crippen molar-refractivity contribution >= 4 is 0 Å². The second-order valence-electron chi connectivity index (χ2n) is 8.20. The largest absolute Gasteiger partial charge is 0.497 e. The Balaban J connectivity index is 1.37. The molecule has 6 heteroatoms. The fourth-order valence-corrected chi connectivity index (χ4v) is 4.66. The fourth-order valence-electron chi connectivity index (χ4n) is 4.66. The van der Waals surface area contributed by atoms with E-state index in [9.17, 15) is 0 Å². The summed E-state index contributed by atoms with van der Waals surface area (Å²) in [5.41, 5.74) is 2.26. The first-order chi connectivity index (χ1) is 12.9. The Labute approximate surface area is 159 Å². The number of rotatable bonds is 2. The lowest BCUT2D eigenvalue weighted by molar-refractivity contribution is -0.260. The topological polar surface area (TPSA) is 55.4 Å². The number of hydrogen-bond acceptors (Lipinski definition) is 6. The Morgan fingerprint density at radius 3 is 2.52 bits per heavy atom. The standard InChI is InChI=1S/C21H26O6/c1-11-9-15(12-5-7-13(22-4)8-6-12)24-16-14(11)10-23-17-18(16)25-20-19(17)26-21(2,3)27-20/h5-8,14-20H,1,9-10H2,2-4H3/t14-,15+,16-,17-,18+,19+,20+/m0/s1. The lowest BCUT2D eigenvalue weighted by atomic mass is 9.81. The molecule has 0 N–H and O–H groups in total. The van der Waals surface area contributed by atoms with Gasteiger partial charge >= 0.3 is 0 Å². The summed E-state index contributed by atoms with van der Waals surface area (Å²) in [6.45, 7) is 8.69. The SMILES string of the molecule is C=C1C[C@H](c2ccc(OC)cc2)O[C@@H]2[C@H]3O[C@@H]4OC(C)(C)O[C@@H]4[C@H]3OC[C@@H]12. The average molecular weight is 374 g/mol. The van der Waals surface area contributed by atoms with Gasteiger partial charge in [0.05, 0.1) is 25.9 Å². The first-order valence-electron chi connectivity index (χ1n) is 9.55. The van der Waals surface area contributed by atoms with Crippen LogP contribution in [0.2, 0.25) is 0 Å². The molecule has 4 heterocycles. The van der Waals surface area contributed by atoms with Crippen LogP contribution in [0.1, 0.15) is 31.9 Å². The zero-order valence-electron chi connectivity index (χ0n) is 15.9. The molecular weight excluding hydrogens is 348 g/mol. The summed E-state index contributed by atoms with van der Waals surface area (Å²) < 4.78 is 36.0. The lowest BCUT2D eigenvalue weighted by Crippen LogP contribution is -2.55. The van der Waals surface area contributed by atoms with E-state index in [1.54, 1.807) is 7.11 Å². The molecule has 4 fully saturated rings. The zero-order valence-corrected chi connectivity index (χ0v) is 15.9. The smallest absolute Gasteiger partial charge is 0.190 e. The molecule has 5 rings (SSSR count). The molecule has 4 aliphatic heterocycles. The van der Waals surface area contributed by atoms with Crippen molar-refractivity contribution in [2.24, 2.45) is 5.92 Å². The summed E-state index contributed by atoms with van der Waals surface area (Å²) in [4.78, 5) is 0. The van der Waals surface area contributed by atoms with Crippen LogP contribution in [-0.4, -0.2) is 50.2 Å². The van der Waals surface area contributed by atoms with Gasteiger partial charge in [0.1, 0.15) is 24.1 Å². The van der Waals surface area contributed by atoms with Gasteiger partial charge in [-0.2, -0.15) is 0 Å². The minimum absolute atomic E-state index is 0.0503. The first-order valence-corrected chi connectivity index (χ1v) is 9.55. The Morgan fingerprint density at radius 2 is 1.78 bits per heavy atom. The summed E-state index contributed by atoms with van der Waals surface area (Å²) in [5.74, 6) is 0.317. The van der Waals surface area contributed by atoms with E-state index in [0.29, 0.717) is 6.61 Å². The van der Waals surface area contributed by atoms with Crippen LogP contribution in [0.25, 0.3) is 0 Å². The first kappa shape index (κ1) is 17.6. The molecule has 6 nitrogen and oxygen atoms in total. The highest BCUT2D eigenvalue weighted by molar-refractivity contribution is 5.30. The average Bonchev–Trinajstić information content (AvgIpc) is 3.13. The summed E-state index contributed by atoms with van der Waals surface area (Å²) in [6.07, 6.45) is -0.408. The molecular formula is C21H26O6. The van der Waals surface area contributed by atoms with E-state index in [1.165, 1.54) is 0 Å². The minimum Gasteiger partial charge on any atom is -0.497 e. The van der Waals surface area contributed by atoms with Crippen LogP contribution < -0.4 is 4.74 Å². The van der Waals surface area contributed by atoms with Gasteiger partial charge in [0, 0.05) is 5.92 Å². The predicted octanol–water partition coefficient (Wildman–Crippen LogP) is 2.97. The van der Waals surface area contributed by atoms with Crippen LogP contribution >= 0.6 is 0 Å². The number of benzene rings is 1. The maximum absolute atomic E-state index is 6.53. The third kappa shape index (κ3) is 2.91. The normalized spacial score (nSPS) is 42.3. The monoisotopic (exact) mass is 374 g/mol. The number of ether oxygens (including phenoxy) is 6. The van der Waals surface area contributed by atoms with Crippen molar-refractivity contribution < 1.29 is 28.4 Å². The molecule has 0 aliphatic carbocycles. The number of methoxy groups -OCH3 is 1. The molecule has 1 aromatic rings. The van der Waals surface area contributed by atoms with Crippen molar-refractivity contribution in [1.29, 1.82) is 0 Å². The molecule has 0 saturated carbocycles. The summed E-state index contributed by atoms with van der Waals surface area (Å²) in [7, 11) is 1.67. The van der Waals surface area contributed by atoms with Crippen LogP contribution in [0, 0.1) is 5.92 Å². The van der Waals surface area contributed by atoms with Crippen molar-refractivity contribution in [3.63, 3.8) is 0 Å². The van der Waals surface area contributed by atoms with E-state index < -0.39 is 12.1 Å². The van der Waals surface area contributed by atoms with E-state index in [1.807, 2.05) is 38.1 Å². The van der Waals surface area contributed by atoms with Crippen molar-refractivity contribution in [1.82, 2.24) is 0 Å². The van der Waals surface area contributed by atoms with Crippen LogP contribution in [0.3, 0.4) is 0 Å². The van der Waals surface area contributed by atoms with E-state index in [2.05, 4.69) is 6.58 Å². The van der Waals surface area contributed by atoms with E-state index in [4.69, 9.17) is 28.4 Å². The summed E-state index contributed by atoms with van der Waals surface area (Å²) >= 11 is 0. The van der Waals surface area contributed by atoms with Crippen molar-refractivity contribution in [3.05, 3.63) is 42.0 Å². The van der Waals surface area contributed by atoms with Gasteiger partial charge in [-0.05, 0) is 38.0 Å². The van der Waals surface area contributed by atoms with Gasteiger partial charge in [-0.1, -0.05) is 24.3 Å². The van der Waals surface area contributed by atoms with Gasteiger partial charge in [-0.15, -0.1) is 0 Å². The number of hydrogen-bond donors (Lipinski definition) is 0. The predicted molar refractivity (Wildman–Crippen MR) is 96.3 cm³/mol.